The first kappa shape index (κ1) is 12.5. The highest BCUT2D eigenvalue weighted by molar-refractivity contribution is 5.47. The van der Waals surface area contributed by atoms with Gasteiger partial charge < -0.3 is 9.80 Å². The van der Waals surface area contributed by atoms with E-state index in [-0.39, 0.29) is 0 Å². The minimum absolute atomic E-state index is 0.891. The number of likely N-dealkylation sites (N-methyl/N-ethyl adjacent to an activating group) is 1. The van der Waals surface area contributed by atoms with Crippen LogP contribution in [0.3, 0.4) is 0 Å². The van der Waals surface area contributed by atoms with Gasteiger partial charge in [-0.3, -0.25) is 9.69 Å². The van der Waals surface area contributed by atoms with Crippen LogP contribution in [-0.2, 0) is 4.79 Å². The van der Waals surface area contributed by atoms with Crippen molar-refractivity contribution in [3.05, 3.63) is 0 Å². The number of carbonyl (C=O) groups is 1. The van der Waals surface area contributed by atoms with Crippen LogP contribution in [0.25, 0.3) is 0 Å². The minimum atomic E-state index is 0.891. The molecule has 0 radical (unpaired) electrons. The van der Waals surface area contributed by atoms with E-state index in [0.29, 0.717) is 0 Å². The van der Waals surface area contributed by atoms with Gasteiger partial charge in [-0.15, -0.1) is 0 Å². The van der Waals surface area contributed by atoms with E-state index in [2.05, 4.69) is 23.6 Å². The van der Waals surface area contributed by atoms with E-state index >= 15 is 0 Å². The van der Waals surface area contributed by atoms with E-state index in [1.54, 1.807) is 0 Å². The largest absolute Gasteiger partial charge is 0.343 e. The first-order chi connectivity index (χ1) is 7.30. The molecule has 1 fully saturated rings. The van der Waals surface area contributed by atoms with E-state index < -0.39 is 0 Å². The van der Waals surface area contributed by atoms with Crippen molar-refractivity contribution in [1.82, 2.24) is 14.7 Å². The van der Waals surface area contributed by atoms with Gasteiger partial charge in [0.2, 0.25) is 6.41 Å². The van der Waals surface area contributed by atoms with Gasteiger partial charge in [-0.05, 0) is 13.1 Å². The molecule has 1 amide bonds. The quantitative estimate of drug-likeness (QED) is 0.586. The smallest absolute Gasteiger partial charge is 0.209 e. The van der Waals surface area contributed by atoms with Crippen LogP contribution in [0.1, 0.15) is 13.8 Å². The molecule has 1 aliphatic rings. The Hall–Kier alpha value is -0.610. The van der Waals surface area contributed by atoms with Crippen LogP contribution in [0.2, 0.25) is 0 Å². The number of amides is 1. The third kappa shape index (κ3) is 4.18. The van der Waals surface area contributed by atoms with Crippen molar-refractivity contribution in [3.63, 3.8) is 0 Å². The summed E-state index contributed by atoms with van der Waals surface area (Å²) >= 11 is 0. The molecule has 1 heterocycles. The third-order valence-corrected chi connectivity index (χ3v) is 3.18. The molecule has 4 heteroatoms. The Labute approximate surface area is 92.8 Å². The van der Waals surface area contributed by atoms with Gasteiger partial charge in [-0.25, -0.2) is 0 Å². The molecule has 0 N–H and O–H groups in total. The molecule has 1 rings (SSSR count). The molecule has 88 valence electrons. The molecule has 0 atom stereocenters. The monoisotopic (exact) mass is 213 g/mol. The normalized spacial score (nSPS) is 18.5. The summed E-state index contributed by atoms with van der Waals surface area (Å²) < 4.78 is 0. The molecule has 15 heavy (non-hydrogen) atoms. The Morgan fingerprint density at radius 2 is 1.73 bits per heavy atom. The van der Waals surface area contributed by atoms with Crippen molar-refractivity contribution in [2.45, 2.75) is 13.8 Å². The highest BCUT2D eigenvalue weighted by Gasteiger charge is 2.15. The van der Waals surface area contributed by atoms with Crippen LogP contribution in [0.5, 0.6) is 0 Å². The van der Waals surface area contributed by atoms with Gasteiger partial charge in [-0.1, -0.05) is 13.8 Å². The van der Waals surface area contributed by atoms with E-state index in [0.717, 1.165) is 58.8 Å². The fourth-order valence-corrected chi connectivity index (χ4v) is 1.92. The first-order valence-electron chi connectivity index (χ1n) is 5.94. The van der Waals surface area contributed by atoms with Crippen molar-refractivity contribution in [2.75, 3.05) is 52.4 Å². The van der Waals surface area contributed by atoms with E-state index in [9.17, 15) is 4.79 Å². The predicted octanol–water partition coefficient (Wildman–Crippen LogP) is 0.102. The SMILES string of the molecule is CCN(CC)CCN1CCN(C=O)CC1. The maximum Gasteiger partial charge on any atom is 0.209 e. The molecule has 0 saturated carbocycles. The second-order valence-electron chi connectivity index (χ2n) is 4.01. The van der Waals surface area contributed by atoms with Gasteiger partial charge in [0, 0.05) is 39.3 Å². The lowest BCUT2D eigenvalue weighted by Crippen LogP contribution is -2.47. The van der Waals surface area contributed by atoms with Crippen molar-refractivity contribution in [2.24, 2.45) is 0 Å². The molecule has 0 unspecified atom stereocenters. The Balaban J connectivity index is 2.15. The maximum atomic E-state index is 10.5. The zero-order chi connectivity index (χ0) is 11.1. The van der Waals surface area contributed by atoms with Crippen LogP contribution in [-0.4, -0.2) is 73.5 Å². The van der Waals surface area contributed by atoms with Gasteiger partial charge in [0.05, 0.1) is 0 Å². The number of rotatable bonds is 6. The molecule has 0 aliphatic carbocycles. The topological polar surface area (TPSA) is 26.8 Å². The van der Waals surface area contributed by atoms with Crippen molar-refractivity contribution < 1.29 is 4.79 Å². The Morgan fingerprint density at radius 3 is 2.20 bits per heavy atom. The molecule has 0 aromatic carbocycles. The molecule has 0 aromatic rings. The summed E-state index contributed by atoms with van der Waals surface area (Å²) in [5.41, 5.74) is 0. The Bertz CT molecular complexity index is 175. The van der Waals surface area contributed by atoms with Gasteiger partial charge in [0.15, 0.2) is 0 Å². The lowest BCUT2D eigenvalue weighted by molar-refractivity contribution is -0.119. The summed E-state index contributed by atoms with van der Waals surface area (Å²) in [6.45, 7) is 12.8. The zero-order valence-electron chi connectivity index (χ0n) is 9.98. The Kier molecular flexibility index (Phi) is 5.65. The highest BCUT2D eigenvalue weighted by Crippen LogP contribution is 1.99. The molecular formula is C11H23N3O. The summed E-state index contributed by atoms with van der Waals surface area (Å²) in [6, 6.07) is 0. The van der Waals surface area contributed by atoms with Crippen LogP contribution in [0.15, 0.2) is 0 Å². The number of piperazine rings is 1. The van der Waals surface area contributed by atoms with E-state index in [4.69, 9.17) is 0 Å². The molecule has 0 spiro atoms. The fourth-order valence-electron chi connectivity index (χ4n) is 1.92. The number of carbonyl (C=O) groups excluding carboxylic acids is 1. The zero-order valence-corrected chi connectivity index (χ0v) is 9.98. The van der Waals surface area contributed by atoms with Gasteiger partial charge in [-0.2, -0.15) is 0 Å². The summed E-state index contributed by atoms with van der Waals surface area (Å²) in [7, 11) is 0. The van der Waals surface area contributed by atoms with Gasteiger partial charge in [0.25, 0.3) is 0 Å². The first-order valence-corrected chi connectivity index (χ1v) is 5.94. The van der Waals surface area contributed by atoms with Gasteiger partial charge in [0.1, 0.15) is 0 Å². The summed E-state index contributed by atoms with van der Waals surface area (Å²) in [5, 5.41) is 0. The Morgan fingerprint density at radius 1 is 1.13 bits per heavy atom. The summed E-state index contributed by atoms with van der Waals surface area (Å²) in [6.07, 6.45) is 0.960. The second kappa shape index (κ2) is 6.80. The predicted molar refractivity (Wildman–Crippen MR) is 61.9 cm³/mol. The van der Waals surface area contributed by atoms with Crippen molar-refractivity contribution in [1.29, 1.82) is 0 Å². The third-order valence-electron chi connectivity index (χ3n) is 3.18. The molecule has 1 aliphatic heterocycles. The minimum Gasteiger partial charge on any atom is -0.343 e. The van der Waals surface area contributed by atoms with Crippen molar-refractivity contribution >= 4 is 6.41 Å². The van der Waals surface area contributed by atoms with Crippen molar-refractivity contribution in [3.8, 4) is 0 Å². The average molecular weight is 213 g/mol. The lowest BCUT2D eigenvalue weighted by atomic mass is 10.3. The van der Waals surface area contributed by atoms with Crippen LogP contribution in [0.4, 0.5) is 0 Å². The number of nitrogens with zero attached hydrogens (tertiary/aromatic N) is 3. The van der Waals surface area contributed by atoms with E-state index in [1.807, 2.05) is 4.90 Å². The maximum absolute atomic E-state index is 10.5. The lowest BCUT2D eigenvalue weighted by Gasteiger charge is -2.33. The fraction of sp³-hybridized carbons (Fsp3) is 0.909. The molecular weight excluding hydrogens is 190 g/mol. The number of hydrogen-bond acceptors (Lipinski definition) is 3. The molecule has 0 bridgehead atoms. The average Bonchev–Trinajstić information content (AvgIpc) is 2.31. The van der Waals surface area contributed by atoms with Crippen LogP contribution in [0, 0.1) is 0 Å². The molecule has 4 nitrogen and oxygen atoms in total. The summed E-state index contributed by atoms with van der Waals surface area (Å²) in [5.74, 6) is 0. The number of hydrogen-bond donors (Lipinski definition) is 0. The van der Waals surface area contributed by atoms with E-state index in [1.165, 1.54) is 0 Å². The van der Waals surface area contributed by atoms with Gasteiger partial charge >= 0.3 is 0 Å². The summed E-state index contributed by atoms with van der Waals surface area (Å²) in [4.78, 5) is 17.3. The van der Waals surface area contributed by atoms with Crippen LogP contribution < -0.4 is 0 Å². The molecule has 0 aromatic heterocycles. The second-order valence-corrected chi connectivity index (χ2v) is 4.01. The standard InChI is InChI=1S/C11H23N3O/c1-3-12(4-2)5-6-13-7-9-14(11-15)10-8-13/h11H,3-10H2,1-2H3. The molecule has 1 saturated heterocycles. The van der Waals surface area contributed by atoms with Crippen LogP contribution >= 0.6 is 0 Å². The highest BCUT2D eigenvalue weighted by atomic mass is 16.1.